The lowest BCUT2D eigenvalue weighted by Gasteiger charge is -2.51. The Hall–Kier alpha value is -0.700. The van der Waals surface area contributed by atoms with E-state index in [-0.39, 0.29) is 0 Å². The zero-order valence-electron chi connectivity index (χ0n) is 13.8. The van der Waals surface area contributed by atoms with Crippen LogP contribution in [0.2, 0.25) is 0 Å². The molecule has 0 spiro atoms. The third kappa shape index (κ3) is 2.03. The van der Waals surface area contributed by atoms with E-state index in [9.17, 15) is 0 Å². The van der Waals surface area contributed by atoms with Gasteiger partial charge in [0, 0.05) is 5.92 Å². The molecule has 0 radical (unpaired) electrons. The van der Waals surface area contributed by atoms with Gasteiger partial charge in [0.2, 0.25) is 0 Å². The molecule has 0 heteroatoms. The lowest BCUT2D eigenvalue weighted by Crippen LogP contribution is -2.42. The molecule has 0 heterocycles. The van der Waals surface area contributed by atoms with Crippen molar-refractivity contribution < 1.29 is 0 Å². The van der Waals surface area contributed by atoms with E-state index in [1.54, 1.807) is 0 Å². The number of hydrogen-bond acceptors (Lipinski definition) is 0. The first-order valence-electron chi connectivity index (χ1n) is 9.36. The Bertz CT molecular complexity index is 502. The van der Waals surface area contributed by atoms with Crippen LogP contribution in [-0.4, -0.2) is 0 Å². The van der Waals surface area contributed by atoms with Gasteiger partial charge in [-0.05, 0) is 81.0 Å². The maximum absolute atomic E-state index is 3.56. The summed E-state index contributed by atoms with van der Waals surface area (Å²) in [6.45, 7) is 4.58. The predicted molar refractivity (Wildman–Crippen MR) is 88.6 cm³/mol. The van der Waals surface area contributed by atoms with Crippen molar-refractivity contribution in [2.45, 2.75) is 71.6 Å². The first kappa shape index (κ1) is 13.9. The Kier molecular flexibility index (Phi) is 3.44. The Morgan fingerprint density at radius 2 is 1.86 bits per heavy atom. The van der Waals surface area contributed by atoms with E-state index < -0.39 is 0 Å². The van der Waals surface area contributed by atoms with Crippen molar-refractivity contribution in [2.24, 2.45) is 35.0 Å². The van der Waals surface area contributed by atoms with Gasteiger partial charge >= 0.3 is 0 Å². The van der Waals surface area contributed by atoms with Crippen LogP contribution in [0.3, 0.4) is 0 Å². The van der Waals surface area contributed by atoms with Gasteiger partial charge < -0.3 is 0 Å². The molecule has 0 amide bonds. The zero-order chi connectivity index (χ0) is 14.4. The Morgan fingerprint density at radius 1 is 1.00 bits per heavy atom. The number of rotatable bonds is 0. The molecular formula is C21H30. The summed E-state index contributed by atoms with van der Waals surface area (Å²) in [7, 11) is 0. The van der Waals surface area contributed by atoms with E-state index in [1.165, 1.54) is 57.8 Å². The van der Waals surface area contributed by atoms with E-state index in [4.69, 9.17) is 0 Å². The molecule has 0 aromatic heterocycles. The molecule has 1 unspecified atom stereocenters. The zero-order valence-corrected chi connectivity index (χ0v) is 13.8. The maximum Gasteiger partial charge on any atom is 0.0262 e. The van der Waals surface area contributed by atoms with E-state index in [0.717, 1.165) is 23.7 Å². The maximum atomic E-state index is 3.56. The molecule has 0 saturated heterocycles. The Balaban J connectivity index is 1.65. The van der Waals surface area contributed by atoms with Crippen LogP contribution in [0.4, 0.5) is 0 Å². The van der Waals surface area contributed by atoms with Crippen molar-refractivity contribution in [1.82, 2.24) is 0 Å². The first-order valence-corrected chi connectivity index (χ1v) is 9.36. The van der Waals surface area contributed by atoms with Crippen LogP contribution >= 0.6 is 0 Å². The van der Waals surface area contributed by atoms with Gasteiger partial charge in [-0.1, -0.05) is 37.3 Å². The van der Waals surface area contributed by atoms with Gasteiger partial charge in [-0.15, -0.1) is 5.92 Å². The van der Waals surface area contributed by atoms with Crippen molar-refractivity contribution in [2.75, 3.05) is 0 Å². The average molecular weight is 282 g/mol. The second kappa shape index (κ2) is 5.19. The van der Waals surface area contributed by atoms with Crippen LogP contribution in [0.15, 0.2) is 11.6 Å². The van der Waals surface area contributed by atoms with Gasteiger partial charge in [0.1, 0.15) is 0 Å². The third-order valence-electron chi connectivity index (χ3n) is 7.61. The molecule has 0 N–H and O–H groups in total. The molecule has 0 aromatic rings. The van der Waals surface area contributed by atoms with Crippen LogP contribution in [0, 0.1) is 46.8 Å². The largest absolute Gasteiger partial charge is 0.106 e. The highest BCUT2D eigenvalue weighted by Gasteiger charge is 2.53. The summed E-state index contributed by atoms with van der Waals surface area (Å²) < 4.78 is 0. The lowest BCUT2D eigenvalue weighted by atomic mass is 9.54. The highest BCUT2D eigenvalue weighted by atomic mass is 14.6. The van der Waals surface area contributed by atoms with Crippen LogP contribution in [0.5, 0.6) is 0 Å². The SMILES string of the molecule is CC#C[C@@H]1CC[C@H]2[C@@H]3CCC4CCCC[C@@H]4C3=CC[C@]12C. The van der Waals surface area contributed by atoms with Crippen LogP contribution in [0.25, 0.3) is 0 Å². The van der Waals surface area contributed by atoms with Crippen LogP contribution in [0.1, 0.15) is 71.6 Å². The van der Waals surface area contributed by atoms with Crippen LogP contribution in [-0.2, 0) is 0 Å². The van der Waals surface area contributed by atoms with Gasteiger partial charge in [-0.25, -0.2) is 0 Å². The number of fused-ring (bicyclic) bond motifs is 5. The monoisotopic (exact) mass is 282 g/mol. The van der Waals surface area contributed by atoms with Crippen molar-refractivity contribution in [3.05, 3.63) is 11.6 Å². The Labute approximate surface area is 130 Å². The van der Waals surface area contributed by atoms with Crippen molar-refractivity contribution in [3.63, 3.8) is 0 Å². The molecular weight excluding hydrogens is 252 g/mol. The van der Waals surface area contributed by atoms with Crippen molar-refractivity contribution in [1.29, 1.82) is 0 Å². The predicted octanol–water partition coefficient (Wildman–Crippen LogP) is 5.59. The minimum atomic E-state index is 0.485. The molecule has 0 aliphatic heterocycles. The number of hydrogen-bond donors (Lipinski definition) is 0. The van der Waals surface area contributed by atoms with Gasteiger partial charge in [-0.3, -0.25) is 0 Å². The molecule has 0 bridgehead atoms. The molecule has 4 aliphatic carbocycles. The molecule has 4 aliphatic rings. The van der Waals surface area contributed by atoms with Gasteiger partial charge in [0.15, 0.2) is 0 Å². The minimum Gasteiger partial charge on any atom is -0.106 e. The molecule has 0 aromatic carbocycles. The molecule has 3 fully saturated rings. The standard InChI is InChI=1S/C21H30/c1-3-6-16-10-12-20-19-11-9-15-7-4-5-8-17(15)18(19)13-14-21(16,20)2/h13,15-17,19-20H,4-5,7-12,14H2,1-2H3/t15?,16-,17+,19-,20+,21-/m1/s1. The minimum absolute atomic E-state index is 0.485. The smallest absolute Gasteiger partial charge is 0.0262 e. The van der Waals surface area contributed by atoms with Crippen LogP contribution < -0.4 is 0 Å². The average Bonchev–Trinajstić information content (AvgIpc) is 2.84. The fourth-order valence-electron chi connectivity index (χ4n) is 6.53. The first-order chi connectivity index (χ1) is 10.2. The van der Waals surface area contributed by atoms with E-state index in [1.807, 2.05) is 12.5 Å². The molecule has 3 saturated carbocycles. The van der Waals surface area contributed by atoms with Crippen molar-refractivity contribution in [3.8, 4) is 11.8 Å². The molecule has 4 rings (SSSR count). The summed E-state index contributed by atoms with van der Waals surface area (Å²) in [6, 6.07) is 0. The van der Waals surface area contributed by atoms with Gasteiger partial charge in [-0.2, -0.15) is 0 Å². The van der Waals surface area contributed by atoms with Crippen molar-refractivity contribution >= 4 is 0 Å². The Morgan fingerprint density at radius 3 is 2.71 bits per heavy atom. The normalized spacial score (nSPS) is 48.3. The summed E-state index contributed by atoms with van der Waals surface area (Å²) in [5, 5.41) is 0. The molecule has 21 heavy (non-hydrogen) atoms. The van der Waals surface area contributed by atoms with Gasteiger partial charge in [0.05, 0.1) is 0 Å². The van der Waals surface area contributed by atoms with E-state index in [2.05, 4.69) is 24.8 Å². The molecule has 0 nitrogen and oxygen atoms in total. The van der Waals surface area contributed by atoms with E-state index in [0.29, 0.717) is 11.3 Å². The summed E-state index contributed by atoms with van der Waals surface area (Å²) in [5.74, 6) is 11.3. The summed E-state index contributed by atoms with van der Waals surface area (Å²) >= 11 is 0. The quantitative estimate of drug-likeness (QED) is 0.401. The second-order valence-corrected chi connectivity index (χ2v) is 8.38. The molecule has 6 atom stereocenters. The lowest BCUT2D eigenvalue weighted by molar-refractivity contribution is 0.0807. The topological polar surface area (TPSA) is 0 Å². The summed E-state index contributed by atoms with van der Waals surface area (Å²) in [4.78, 5) is 0. The van der Waals surface area contributed by atoms with E-state index >= 15 is 0 Å². The molecule has 114 valence electrons. The summed E-state index contributed by atoms with van der Waals surface area (Å²) in [6.07, 6.45) is 15.8. The fourth-order valence-corrected chi connectivity index (χ4v) is 6.53. The number of allylic oxidation sites excluding steroid dienone is 2. The second-order valence-electron chi connectivity index (χ2n) is 8.38. The fraction of sp³-hybridized carbons (Fsp3) is 0.810. The highest BCUT2D eigenvalue weighted by molar-refractivity contribution is 5.26. The third-order valence-corrected chi connectivity index (χ3v) is 7.61. The van der Waals surface area contributed by atoms with Gasteiger partial charge in [0.25, 0.3) is 0 Å². The highest BCUT2D eigenvalue weighted by Crippen LogP contribution is 2.61. The summed E-state index contributed by atoms with van der Waals surface area (Å²) in [5.41, 5.74) is 2.40.